The predicted molar refractivity (Wildman–Crippen MR) is 124 cm³/mol. The normalized spacial score (nSPS) is 11.9. The van der Waals surface area contributed by atoms with Gasteiger partial charge in [-0.2, -0.15) is 10.5 Å². The number of hydrogen-bond acceptors (Lipinski definition) is 8. The van der Waals surface area contributed by atoms with E-state index < -0.39 is 0 Å². The molecular formula is C25H18N8. The van der Waals surface area contributed by atoms with Gasteiger partial charge in [-0.05, 0) is 45.0 Å². The summed E-state index contributed by atoms with van der Waals surface area (Å²) in [6.07, 6.45) is 1.70. The van der Waals surface area contributed by atoms with Crippen molar-refractivity contribution in [3.8, 4) is 12.1 Å². The van der Waals surface area contributed by atoms with Crippen LogP contribution in [0, 0.1) is 43.4 Å². The SMILES string of the molecule is Cc1ccc(N2c3ncc(C)nc3N(c3ccc(C)cc3)c3nc(C#N)c(C#N)nc32)cc1. The van der Waals surface area contributed by atoms with Crippen molar-refractivity contribution in [2.45, 2.75) is 20.8 Å². The summed E-state index contributed by atoms with van der Waals surface area (Å²) in [5.41, 5.74) is 4.47. The Labute approximate surface area is 191 Å². The summed E-state index contributed by atoms with van der Waals surface area (Å²) in [5.74, 6) is 1.93. The van der Waals surface area contributed by atoms with Gasteiger partial charge in [0.2, 0.25) is 0 Å². The Balaban J connectivity index is 1.87. The fourth-order valence-corrected chi connectivity index (χ4v) is 3.72. The van der Waals surface area contributed by atoms with Crippen molar-refractivity contribution in [1.82, 2.24) is 19.9 Å². The molecule has 0 atom stereocenters. The summed E-state index contributed by atoms with van der Waals surface area (Å²) in [5, 5.41) is 19.3. The van der Waals surface area contributed by atoms with E-state index in [0.29, 0.717) is 23.3 Å². The van der Waals surface area contributed by atoms with E-state index in [2.05, 4.69) is 9.97 Å². The largest absolute Gasteiger partial charge is 0.273 e. The van der Waals surface area contributed by atoms with Crippen molar-refractivity contribution >= 4 is 34.6 Å². The molecule has 3 heterocycles. The molecule has 0 spiro atoms. The molecule has 0 bridgehead atoms. The standard InChI is InChI=1S/C25H18N8/c1-15-4-8-18(9-5-15)32-22-23(29-17(3)14-28-22)33(19-10-6-16(2)7-11-19)25-24(32)30-20(12-26)21(13-27)31-25/h4-11,14H,1-3H3. The summed E-state index contributed by atoms with van der Waals surface area (Å²) < 4.78 is 0. The first-order valence-corrected chi connectivity index (χ1v) is 10.3. The van der Waals surface area contributed by atoms with Gasteiger partial charge in [-0.15, -0.1) is 0 Å². The van der Waals surface area contributed by atoms with Gasteiger partial charge in [0, 0.05) is 11.4 Å². The number of anilines is 6. The van der Waals surface area contributed by atoms with Crippen LogP contribution in [0.1, 0.15) is 28.2 Å². The predicted octanol–water partition coefficient (Wildman–Crippen LogP) is 5.19. The summed E-state index contributed by atoms with van der Waals surface area (Å²) in [7, 11) is 0. The highest BCUT2D eigenvalue weighted by molar-refractivity contribution is 5.96. The molecule has 5 rings (SSSR count). The minimum atomic E-state index is -0.0410. The van der Waals surface area contributed by atoms with E-state index in [1.165, 1.54) is 0 Å². The molecule has 33 heavy (non-hydrogen) atoms. The number of hydrogen-bond donors (Lipinski definition) is 0. The molecule has 0 fully saturated rings. The van der Waals surface area contributed by atoms with Gasteiger partial charge in [0.1, 0.15) is 12.1 Å². The van der Waals surface area contributed by atoms with E-state index in [1.54, 1.807) is 6.20 Å². The summed E-state index contributed by atoms with van der Waals surface area (Å²) in [6, 6.07) is 19.8. The maximum absolute atomic E-state index is 9.63. The first-order valence-electron chi connectivity index (χ1n) is 10.3. The van der Waals surface area contributed by atoms with Gasteiger partial charge in [-0.25, -0.2) is 19.9 Å². The molecule has 0 saturated heterocycles. The Hall–Kier alpha value is -4.82. The number of aromatic nitrogens is 4. The number of benzene rings is 2. The van der Waals surface area contributed by atoms with Gasteiger partial charge < -0.3 is 0 Å². The minimum absolute atomic E-state index is 0.0405. The quantitative estimate of drug-likeness (QED) is 0.377. The summed E-state index contributed by atoms with van der Waals surface area (Å²) in [6.45, 7) is 5.90. The van der Waals surface area contributed by atoms with Crippen molar-refractivity contribution in [2.24, 2.45) is 0 Å². The molecule has 2 aromatic carbocycles. The molecule has 1 aliphatic rings. The Kier molecular flexibility index (Phi) is 4.69. The maximum atomic E-state index is 9.63. The molecular weight excluding hydrogens is 412 g/mol. The average Bonchev–Trinajstić information content (AvgIpc) is 2.83. The van der Waals surface area contributed by atoms with Gasteiger partial charge in [0.25, 0.3) is 0 Å². The van der Waals surface area contributed by atoms with Crippen LogP contribution in [-0.2, 0) is 0 Å². The van der Waals surface area contributed by atoms with Crippen LogP contribution in [-0.4, -0.2) is 19.9 Å². The highest BCUT2D eigenvalue weighted by Crippen LogP contribution is 2.50. The fourth-order valence-electron chi connectivity index (χ4n) is 3.72. The van der Waals surface area contributed by atoms with Crippen molar-refractivity contribution < 1.29 is 0 Å². The number of fused-ring (bicyclic) bond motifs is 2. The monoisotopic (exact) mass is 430 g/mol. The fraction of sp³-hybridized carbons (Fsp3) is 0.120. The third-order valence-electron chi connectivity index (χ3n) is 5.36. The molecule has 8 heteroatoms. The maximum Gasteiger partial charge on any atom is 0.184 e. The highest BCUT2D eigenvalue weighted by atomic mass is 15.4. The lowest BCUT2D eigenvalue weighted by atomic mass is 10.1. The van der Waals surface area contributed by atoms with E-state index in [-0.39, 0.29) is 11.4 Å². The minimum Gasteiger partial charge on any atom is -0.273 e. The van der Waals surface area contributed by atoms with Gasteiger partial charge in [0.05, 0.1) is 11.9 Å². The topological polar surface area (TPSA) is 106 Å². The molecule has 0 N–H and O–H groups in total. The zero-order valence-electron chi connectivity index (χ0n) is 18.3. The van der Waals surface area contributed by atoms with Crippen LogP contribution in [0.25, 0.3) is 0 Å². The second-order valence-corrected chi connectivity index (χ2v) is 7.79. The van der Waals surface area contributed by atoms with Crippen LogP contribution in [0.3, 0.4) is 0 Å². The zero-order valence-corrected chi connectivity index (χ0v) is 18.3. The molecule has 2 aromatic heterocycles. The molecule has 8 nitrogen and oxygen atoms in total. The number of aryl methyl sites for hydroxylation is 3. The Bertz CT molecular complexity index is 1460. The van der Waals surface area contributed by atoms with Crippen molar-refractivity contribution in [1.29, 1.82) is 10.5 Å². The van der Waals surface area contributed by atoms with E-state index >= 15 is 0 Å². The van der Waals surface area contributed by atoms with E-state index in [4.69, 9.17) is 9.97 Å². The van der Waals surface area contributed by atoms with Crippen LogP contribution >= 0.6 is 0 Å². The third kappa shape index (κ3) is 3.31. The van der Waals surface area contributed by atoms with Gasteiger partial charge in [-0.1, -0.05) is 35.4 Å². The lowest BCUT2D eigenvalue weighted by Crippen LogP contribution is -2.28. The van der Waals surface area contributed by atoms with Gasteiger partial charge in [0.15, 0.2) is 34.7 Å². The number of rotatable bonds is 2. The number of nitrogens with zero attached hydrogens (tertiary/aromatic N) is 8. The average molecular weight is 430 g/mol. The Morgan fingerprint density at radius 1 is 0.606 bits per heavy atom. The lowest BCUT2D eigenvalue weighted by molar-refractivity contribution is 0.962. The Morgan fingerprint density at radius 2 is 1.03 bits per heavy atom. The summed E-state index contributed by atoms with van der Waals surface area (Å²) in [4.78, 5) is 22.3. The van der Waals surface area contributed by atoms with Crippen LogP contribution in [0.2, 0.25) is 0 Å². The second kappa shape index (κ2) is 7.70. The molecule has 0 radical (unpaired) electrons. The van der Waals surface area contributed by atoms with Crippen molar-refractivity contribution in [3.05, 3.63) is 82.9 Å². The third-order valence-corrected chi connectivity index (χ3v) is 5.36. The van der Waals surface area contributed by atoms with E-state index in [1.807, 2.05) is 91.2 Å². The highest BCUT2D eigenvalue weighted by Gasteiger charge is 2.36. The molecule has 0 saturated carbocycles. The van der Waals surface area contributed by atoms with Crippen LogP contribution in [0.15, 0.2) is 54.7 Å². The molecule has 1 aliphatic heterocycles. The number of nitriles is 2. The van der Waals surface area contributed by atoms with Crippen molar-refractivity contribution in [2.75, 3.05) is 9.80 Å². The molecule has 0 aliphatic carbocycles. The second-order valence-electron chi connectivity index (χ2n) is 7.79. The molecule has 0 unspecified atom stereocenters. The zero-order chi connectivity index (χ0) is 23.1. The van der Waals surface area contributed by atoms with Crippen LogP contribution in [0.5, 0.6) is 0 Å². The van der Waals surface area contributed by atoms with E-state index in [0.717, 1.165) is 28.2 Å². The van der Waals surface area contributed by atoms with Crippen molar-refractivity contribution in [3.63, 3.8) is 0 Å². The van der Waals surface area contributed by atoms with Crippen LogP contribution in [0.4, 0.5) is 34.6 Å². The molecule has 4 aromatic rings. The smallest absolute Gasteiger partial charge is 0.184 e. The lowest BCUT2D eigenvalue weighted by Gasteiger charge is -2.36. The first kappa shape index (κ1) is 20.1. The first-order chi connectivity index (χ1) is 16.0. The molecule has 158 valence electrons. The summed E-state index contributed by atoms with van der Waals surface area (Å²) >= 11 is 0. The Morgan fingerprint density at radius 3 is 1.48 bits per heavy atom. The van der Waals surface area contributed by atoms with Crippen LogP contribution < -0.4 is 9.80 Å². The van der Waals surface area contributed by atoms with Gasteiger partial charge in [-0.3, -0.25) is 9.80 Å². The molecule has 0 amide bonds. The van der Waals surface area contributed by atoms with Gasteiger partial charge >= 0.3 is 0 Å². The van der Waals surface area contributed by atoms with E-state index in [9.17, 15) is 10.5 Å².